The van der Waals surface area contributed by atoms with Crippen molar-refractivity contribution < 1.29 is 19.0 Å². The maximum absolute atomic E-state index is 13.8. The Morgan fingerprint density at radius 2 is 1.90 bits per heavy atom. The van der Waals surface area contributed by atoms with Crippen LogP contribution in [0.25, 0.3) is 10.9 Å². The number of aliphatic hydroxyl groups excluding tert-OH is 2. The average Bonchev–Trinajstić information content (AvgIpc) is 2.46. The first kappa shape index (κ1) is 15.6. The summed E-state index contributed by atoms with van der Waals surface area (Å²) in [5.74, 6) is -1.39. The van der Waals surface area contributed by atoms with Crippen molar-refractivity contribution in [2.24, 2.45) is 5.41 Å². The largest absolute Gasteiger partial charge is 0.396 e. The summed E-state index contributed by atoms with van der Waals surface area (Å²) in [5, 5.41) is 19.1. The summed E-state index contributed by atoms with van der Waals surface area (Å²) >= 11 is 0. The molecule has 6 heteroatoms. The molecule has 4 nitrogen and oxygen atoms in total. The lowest BCUT2D eigenvalue weighted by Gasteiger charge is -2.32. The van der Waals surface area contributed by atoms with Crippen molar-refractivity contribution in [2.45, 2.75) is 6.92 Å². The highest BCUT2D eigenvalue weighted by Gasteiger charge is 2.25. The number of fused-ring (bicyclic) bond motifs is 1. The zero-order valence-electron chi connectivity index (χ0n) is 12.0. The fraction of sp³-hybridized carbons (Fsp3) is 0.400. The molecule has 1 aromatic carbocycles. The maximum Gasteiger partial charge on any atom is 0.152 e. The van der Waals surface area contributed by atoms with Crippen LogP contribution < -0.4 is 4.90 Å². The van der Waals surface area contributed by atoms with Gasteiger partial charge in [-0.25, -0.2) is 8.78 Å². The van der Waals surface area contributed by atoms with Crippen molar-refractivity contribution in [3.8, 4) is 0 Å². The van der Waals surface area contributed by atoms with Gasteiger partial charge in [-0.05, 0) is 12.1 Å². The number of anilines is 1. The smallest absolute Gasteiger partial charge is 0.152 e. The highest BCUT2D eigenvalue weighted by molar-refractivity contribution is 5.91. The van der Waals surface area contributed by atoms with E-state index in [1.54, 1.807) is 24.9 Å². The first-order valence-corrected chi connectivity index (χ1v) is 6.57. The second-order valence-electron chi connectivity index (χ2n) is 5.60. The second kappa shape index (κ2) is 5.91. The van der Waals surface area contributed by atoms with Crippen LogP contribution in [0.15, 0.2) is 24.4 Å². The number of pyridine rings is 1. The topological polar surface area (TPSA) is 56.6 Å². The molecule has 0 saturated heterocycles. The van der Waals surface area contributed by atoms with Gasteiger partial charge in [0.05, 0.1) is 13.2 Å². The maximum atomic E-state index is 13.8. The first-order chi connectivity index (χ1) is 9.90. The number of nitrogens with zero attached hydrogens (tertiary/aromatic N) is 2. The summed E-state index contributed by atoms with van der Waals surface area (Å²) < 4.78 is 27.2. The van der Waals surface area contributed by atoms with Crippen LogP contribution in [0.4, 0.5) is 14.5 Å². The first-order valence-electron chi connectivity index (χ1n) is 6.57. The molecule has 0 amide bonds. The molecule has 21 heavy (non-hydrogen) atoms. The van der Waals surface area contributed by atoms with Crippen molar-refractivity contribution in [3.05, 3.63) is 36.0 Å². The van der Waals surface area contributed by atoms with Gasteiger partial charge in [-0.2, -0.15) is 0 Å². The molecule has 0 aliphatic rings. The lowest BCUT2D eigenvalue weighted by Crippen LogP contribution is -2.39. The summed E-state index contributed by atoms with van der Waals surface area (Å²) in [6.45, 7) is 1.67. The fourth-order valence-corrected chi connectivity index (χ4v) is 2.31. The van der Waals surface area contributed by atoms with Crippen LogP contribution in [0.3, 0.4) is 0 Å². The monoisotopic (exact) mass is 296 g/mol. The van der Waals surface area contributed by atoms with E-state index in [-0.39, 0.29) is 18.7 Å². The van der Waals surface area contributed by atoms with Gasteiger partial charge in [0.25, 0.3) is 0 Å². The third kappa shape index (κ3) is 3.11. The van der Waals surface area contributed by atoms with Crippen LogP contribution >= 0.6 is 0 Å². The predicted molar refractivity (Wildman–Crippen MR) is 77.2 cm³/mol. The van der Waals surface area contributed by atoms with Crippen LogP contribution in [0.1, 0.15) is 6.92 Å². The molecule has 2 rings (SSSR count). The molecule has 2 N–H and O–H groups in total. The molecule has 0 bridgehead atoms. The Labute approximate surface area is 121 Å². The van der Waals surface area contributed by atoms with Gasteiger partial charge in [0.2, 0.25) is 0 Å². The molecular weight excluding hydrogens is 278 g/mol. The van der Waals surface area contributed by atoms with Crippen LogP contribution in [0.2, 0.25) is 0 Å². The van der Waals surface area contributed by atoms with Crippen molar-refractivity contribution in [1.82, 2.24) is 4.98 Å². The van der Waals surface area contributed by atoms with E-state index in [0.29, 0.717) is 17.6 Å². The average molecular weight is 296 g/mol. The van der Waals surface area contributed by atoms with Gasteiger partial charge in [-0.1, -0.05) is 6.92 Å². The van der Waals surface area contributed by atoms with E-state index in [1.165, 1.54) is 12.3 Å². The predicted octanol–water partition coefficient (Wildman–Crippen LogP) is 1.94. The minimum atomic E-state index is -0.715. The Balaban J connectivity index is 2.46. The van der Waals surface area contributed by atoms with Gasteiger partial charge in [-0.3, -0.25) is 4.98 Å². The summed E-state index contributed by atoms with van der Waals surface area (Å²) in [6, 6.07) is 3.67. The van der Waals surface area contributed by atoms with Gasteiger partial charge < -0.3 is 15.1 Å². The molecule has 0 aliphatic carbocycles. The molecule has 0 fully saturated rings. The summed E-state index contributed by atoms with van der Waals surface area (Å²) in [5.41, 5.74) is -0.0297. The van der Waals surface area contributed by atoms with E-state index in [1.807, 2.05) is 0 Å². The Morgan fingerprint density at radius 3 is 2.52 bits per heavy atom. The molecule has 2 aromatic rings. The van der Waals surface area contributed by atoms with Crippen molar-refractivity contribution >= 4 is 16.6 Å². The lowest BCUT2D eigenvalue weighted by molar-refractivity contribution is 0.0763. The molecule has 1 heterocycles. The molecule has 114 valence electrons. The number of hydrogen-bond donors (Lipinski definition) is 2. The molecule has 0 atom stereocenters. The Hall–Kier alpha value is -1.79. The van der Waals surface area contributed by atoms with Gasteiger partial charge in [-0.15, -0.1) is 0 Å². The van der Waals surface area contributed by atoms with Gasteiger partial charge in [0.1, 0.15) is 11.3 Å². The van der Waals surface area contributed by atoms with E-state index in [0.717, 1.165) is 6.07 Å². The lowest BCUT2D eigenvalue weighted by atomic mass is 9.92. The molecule has 0 saturated carbocycles. The number of aromatic nitrogens is 1. The van der Waals surface area contributed by atoms with Crippen molar-refractivity contribution in [1.29, 1.82) is 0 Å². The second-order valence-corrected chi connectivity index (χ2v) is 5.60. The molecule has 1 aromatic heterocycles. The fourth-order valence-electron chi connectivity index (χ4n) is 2.31. The summed E-state index contributed by atoms with van der Waals surface area (Å²) in [7, 11) is 1.74. The van der Waals surface area contributed by atoms with Crippen molar-refractivity contribution in [3.63, 3.8) is 0 Å². The van der Waals surface area contributed by atoms with Crippen molar-refractivity contribution in [2.75, 3.05) is 31.7 Å². The van der Waals surface area contributed by atoms with Gasteiger partial charge in [0.15, 0.2) is 5.82 Å². The number of rotatable bonds is 5. The van der Waals surface area contributed by atoms with Crippen LogP contribution in [0.5, 0.6) is 0 Å². The van der Waals surface area contributed by atoms with Gasteiger partial charge >= 0.3 is 0 Å². The minimum Gasteiger partial charge on any atom is -0.396 e. The Kier molecular flexibility index (Phi) is 4.39. The van der Waals surface area contributed by atoms with E-state index < -0.39 is 17.0 Å². The number of benzene rings is 1. The highest BCUT2D eigenvalue weighted by atomic mass is 19.1. The molecule has 0 aliphatic heterocycles. The van der Waals surface area contributed by atoms with E-state index >= 15 is 0 Å². The number of aliphatic hydroxyl groups is 2. The summed E-state index contributed by atoms with van der Waals surface area (Å²) in [4.78, 5) is 5.68. The zero-order chi connectivity index (χ0) is 15.6. The Morgan fingerprint density at radius 1 is 1.24 bits per heavy atom. The highest BCUT2D eigenvalue weighted by Crippen LogP contribution is 2.29. The zero-order valence-corrected chi connectivity index (χ0v) is 12.0. The number of halogens is 2. The van der Waals surface area contributed by atoms with E-state index in [2.05, 4.69) is 4.98 Å². The van der Waals surface area contributed by atoms with E-state index in [9.17, 15) is 19.0 Å². The standard InChI is InChI=1S/C15H18F2N2O2/c1-15(8-20,9-21)7-19(2)13-3-4-18-14-11(13)5-10(16)6-12(14)17/h3-6,20-21H,7-9H2,1-2H3. The molecular formula is C15H18F2N2O2. The van der Waals surface area contributed by atoms with E-state index in [4.69, 9.17) is 0 Å². The van der Waals surface area contributed by atoms with Crippen LogP contribution in [0, 0.1) is 17.0 Å². The normalized spacial score (nSPS) is 11.9. The molecule has 0 radical (unpaired) electrons. The third-order valence-corrected chi connectivity index (χ3v) is 3.53. The van der Waals surface area contributed by atoms with Crippen LogP contribution in [-0.2, 0) is 0 Å². The third-order valence-electron chi connectivity index (χ3n) is 3.53. The number of hydrogen-bond acceptors (Lipinski definition) is 4. The Bertz CT molecular complexity index is 645. The minimum absolute atomic E-state index is 0.0930. The summed E-state index contributed by atoms with van der Waals surface area (Å²) in [6.07, 6.45) is 1.45. The van der Waals surface area contributed by atoms with Crippen LogP contribution in [-0.4, -0.2) is 42.0 Å². The SMILES string of the molecule is CN(CC(C)(CO)CO)c1ccnc2c(F)cc(F)cc12. The quantitative estimate of drug-likeness (QED) is 0.885. The molecule has 0 spiro atoms. The molecule has 0 unspecified atom stereocenters. The van der Waals surface area contributed by atoms with Gasteiger partial charge in [0, 0.05) is 42.3 Å².